The quantitative estimate of drug-likeness (QED) is 0.469. The van der Waals surface area contributed by atoms with Gasteiger partial charge in [-0.1, -0.05) is 54.6 Å². The summed E-state index contributed by atoms with van der Waals surface area (Å²) in [4.78, 5) is 31.5. The number of anilines is 1. The fourth-order valence-corrected chi connectivity index (χ4v) is 4.38. The van der Waals surface area contributed by atoms with Gasteiger partial charge in [-0.2, -0.15) is 9.67 Å². The first kappa shape index (κ1) is 20.3. The van der Waals surface area contributed by atoms with Crippen molar-refractivity contribution in [3.8, 4) is 17.1 Å². The van der Waals surface area contributed by atoms with Crippen LogP contribution in [0.2, 0.25) is 0 Å². The Morgan fingerprint density at radius 2 is 1.59 bits per heavy atom. The minimum atomic E-state index is -1.25. The minimum Gasteiger partial charge on any atom is -0.335 e. The average molecular weight is 448 g/mol. The molecule has 3 aromatic carbocycles. The van der Waals surface area contributed by atoms with E-state index in [1.54, 1.807) is 23.8 Å². The van der Waals surface area contributed by atoms with Crippen LogP contribution in [0.1, 0.15) is 6.92 Å². The van der Waals surface area contributed by atoms with Crippen LogP contribution >= 0.6 is 0 Å². The third-order valence-electron chi connectivity index (χ3n) is 6.05. The van der Waals surface area contributed by atoms with Gasteiger partial charge in [-0.05, 0) is 60.2 Å². The smallest absolute Gasteiger partial charge is 0.261 e. The summed E-state index contributed by atoms with van der Waals surface area (Å²) >= 11 is 0. The number of carbonyl (C=O) groups excluding carboxylic acids is 2. The number of ether oxygens (including phenoxy) is 1. The molecular weight excluding hydrogens is 428 g/mol. The number of hydrogen-bond donors (Lipinski definition) is 0. The molecule has 1 saturated heterocycles. The van der Waals surface area contributed by atoms with Crippen LogP contribution in [0.5, 0.6) is 0 Å². The second-order valence-corrected chi connectivity index (χ2v) is 8.30. The third-order valence-corrected chi connectivity index (χ3v) is 6.05. The average Bonchev–Trinajstić information content (AvgIpc) is 3.40. The predicted octanol–water partition coefficient (Wildman–Crippen LogP) is 4.23. The molecule has 0 bridgehead atoms. The Hall–Kier alpha value is -4.36. The van der Waals surface area contributed by atoms with Gasteiger partial charge in [0.1, 0.15) is 6.10 Å². The maximum absolute atomic E-state index is 13.3. The van der Waals surface area contributed by atoms with Crippen LogP contribution in [-0.4, -0.2) is 38.3 Å². The predicted molar refractivity (Wildman–Crippen MR) is 128 cm³/mol. The van der Waals surface area contributed by atoms with Gasteiger partial charge in [0.25, 0.3) is 5.91 Å². The molecule has 1 atom stereocenters. The van der Waals surface area contributed by atoms with Crippen LogP contribution in [0, 0.1) is 0 Å². The molecule has 2 heterocycles. The first-order valence-electron chi connectivity index (χ1n) is 11.0. The van der Waals surface area contributed by atoms with Crippen molar-refractivity contribution >= 4 is 28.4 Å². The van der Waals surface area contributed by atoms with Crippen molar-refractivity contribution in [1.82, 2.24) is 14.8 Å². The van der Waals surface area contributed by atoms with Gasteiger partial charge in [0.2, 0.25) is 5.95 Å². The summed E-state index contributed by atoms with van der Waals surface area (Å²) < 4.78 is 7.69. The number of carbonyl (C=O) groups is 2. The monoisotopic (exact) mass is 448 g/mol. The van der Waals surface area contributed by atoms with E-state index in [0.717, 1.165) is 22.0 Å². The maximum atomic E-state index is 13.3. The summed E-state index contributed by atoms with van der Waals surface area (Å²) in [5.74, 6) is 0.361. The molecule has 6 rings (SSSR count). The van der Waals surface area contributed by atoms with Gasteiger partial charge >= 0.3 is 0 Å². The molecule has 1 amide bonds. The minimum absolute atomic E-state index is 0.164. The number of rotatable bonds is 3. The van der Waals surface area contributed by atoms with Gasteiger partial charge in [-0.15, -0.1) is 5.10 Å². The largest absolute Gasteiger partial charge is 0.335 e. The second-order valence-electron chi connectivity index (χ2n) is 8.30. The highest BCUT2D eigenvalue weighted by atomic mass is 16.5. The SMILES string of the molecule is CC1OC2(C=CC(=O)C=C2)N(c2nc(-c3ccc4ccccc4c3)nn2-c2ccccc2)C1=O. The van der Waals surface area contributed by atoms with E-state index in [1.807, 2.05) is 66.7 Å². The van der Waals surface area contributed by atoms with E-state index in [0.29, 0.717) is 11.8 Å². The Kier molecular flexibility index (Phi) is 4.53. The molecule has 7 nitrogen and oxygen atoms in total. The Bertz CT molecular complexity index is 1490. The molecule has 4 aromatic rings. The second kappa shape index (κ2) is 7.60. The van der Waals surface area contributed by atoms with Crippen LogP contribution in [0.25, 0.3) is 27.8 Å². The van der Waals surface area contributed by atoms with Crippen LogP contribution in [-0.2, 0) is 14.3 Å². The lowest BCUT2D eigenvalue weighted by molar-refractivity contribution is -0.121. The zero-order valence-electron chi connectivity index (χ0n) is 18.3. The van der Waals surface area contributed by atoms with Crippen LogP contribution in [0.4, 0.5) is 5.95 Å². The number of aromatic nitrogens is 3. The lowest BCUT2D eigenvalue weighted by Gasteiger charge is -2.31. The number of amides is 1. The van der Waals surface area contributed by atoms with Crippen molar-refractivity contribution in [2.75, 3.05) is 4.90 Å². The molecule has 0 radical (unpaired) electrons. The van der Waals surface area contributed by atoms with Crippen molar-refractivity contribution in [3.05, 3.63) is 97.1 Å². The number of nitrogens with zero attached hydrogens (tertiary/aromatic N) is 4. The summed E-state index contributed by atoms with van der Waals surface area (Å²) in [5.41, 5.74) is 0.332. The topological polar surface area (TPSA) is 77.3 Å². The molecule has 1 aliphatic heterocycles. The standard InChI is InChI=1S/C27H20N4O3/c1-18-25(33)30(27(34-18)15-13-23(32)14-16-27)26-28-24(29-31(26)22-9-3-2-4-10-22)21-12-11-19-7-5-6-8-20(19)17-21/h2-18H,1H3. The van der Waals surface area contributed by atoms with Gasteiger partial charge < -0.3 is 4.74 Å². The zero-order valence-corrected chi connectivity index (χ0v) is 18.3. The van der Waals surface area contributed by atoms with Crippen LogP contribution in [0.3, 0.4) is 0 Å². The molecule has 0 saturated carbocycles. The van der Waals surface area contributed by atoms with Crippen molar-refractivity contribution in [1.29, 1.82) is 0 Å². The van der Waals surface area contributed by atoms with Crippen LogP contribution in [0.15, 0.2) is 97.1 Å². The van der Waals surface area contributed by atoms with Crippen molar-refractivity contribution in [3.63, 3.8) is 0 Å². The van der Waals surface area contributed by atoms with E-state index in [9.17, 15) is 9.59 Å². The van der Waals surface area contributed by atoms with Gasteiger partial charge in [-0.25, -0.2) is 4.90 Å². The van der Waals surface area contributed by atoms with E-state index in [2.05, 4.69) is 6.07 Å². The molecule has 166 valence electrons. The summed E-state index contributed by atoms with van der Waals surface area (Å²) in [6, 6.07) is 23.6. The number of ketones is 1. The Morgan fingerprint density at radius 1 is 0.882 bits per heavy atom. The summed E-state index contributed by atoms with van der Waals surface area (Å²) in [5, 5.41) is 6.98. The molecule has 7 heteroatoms. The van der Waals surface area contributed by atoms with Gasteiger partial charge in [0, 0.05) is 5.56 Å². The normalized spacial score (nSPS) is 19.0. The third kappa shape index (κ3) is 3.17. The summed E-state index contributed by atoms with van der Waals surface area (Å²) in [6.07, 6.45) is 5.29. The highest BCUT2D eigenvalue weighted by molar-refractivity contribution is 6.04. The highest BCUT2D eigenvalue weighted by Gasteiger charge is 2.51. The molecule has 2 aliphatic rings. The van der Waals surface area contributed by atoms with E-state index in [-0.39, 0.29) is 11.7 Å². The Morgan fingerprint density at radius 3 is 2.35 bits per heavy atom. The molecule has 1 aliphatic carbocycles. The summed E-state index contributed by atoms with van der Waals surface area (Å²) in [6.45, 7) is 1.69. The lowest BCUT2D eigenvalue weighted by atomic mass is 10.1. The lowest BCUT2D eigenvalue weighted by Crippen LogP contribution is -2.46. The van der Waals surface area contributed by atoms with E-state index >= 15 is 0 Å². The highest BCUT2D eigenvalue weighted by Crippen LogP contribution is 2.38. The Labute approximate surface area is 195 Å². The molecule has 34 heavy (non-hydrogen) atoms. The van der Waals surface area contributed by atoms with Gasteiger partial charge in [0.15, 0.2) is 17.3 Å². The van der Waals surface area contributed by atoms with E-state index in [4.69, 9.17) is 14.8 Å². The molecule has 0 N–H and O–H groups in total. The van der Waals surface area contributed by atoms with Crippen molar-refractivity contribution in [2.45, 2.75) is 18.8 Å². The Balaban J connectivity index is 1.55. The molecule has 1 fully saturated rings. The fraction of sp³-hybridized carbons (Fsp3) is 0.111. The molecular formula is C27H20N4O3. The van der Waals surface area contributed by atoms with Crippen LogP contribution < -0.4 is 4.90 Å². The number of allylic oxidation sites excluding steroid dienone is 2. The maximum Gasteiger partial charge on any atom is 0.261 e. The van der Waals surface area contributed by atoms with E-state index in [1.165, 1.54) is 17.1 Å². The van der Waals surface area contributed by atoms with Crippen molar-refractivity contribution < 1.29 is 14.3 Å². The van der Waals surface area contributed by atoms with E-state index < -0.39 is 11.8 Å². The number of hydrogen-bond acceptors (Lipinski definition) is 5. The summed E-state index contributed by atoms with van der Waals surface area (Å²) in [7, 11) is 0. The first-order valence-corrected chi connectivity index (χ1v) is 11.0. The fourth-order valence-electron chi connectivity index (χ4n) is 4.38. The number of benzene rings is 3. The van der Waals surface area contributed by atoms with Gasteiger partial charge in [-0.3, -0.25) is 9.59 Å². The zero-order chi connectivity index (χ0) is 23.3. The number of para-hydroxylation sites is 1. The van der Waals surface area contributed by atoms with Gasteiger partial charge in [0.05, 0.1) is 5.69 Å². The molecule has 1 spiro atoms. The molecule has 1 aromatic heterocycles. The molecule has 1 unspecified atom stereocenters. The van der Waals surface area contributed by atoms with Crippen molar-refractivity contribution in [2.24, 2.45) is 0 Å². The first-order chi connectivity index (χ1) is 16.5. The number of fused-ring (bicyclic) bond motifs is 1.